The van der Waals surface area contributed by atoms with Crippen LogP contribution in [0.1, 0.15) is 18.1 Å². The van der Waals surface area contributed by atoms with Crippen LogP contribution in [0.3, 0.4) is 0 Å². The molecule has 0 aliphatic heterocycles. The minimum Gasteiger partial charge on any atom is -0.483 e. The average Bonchev–Trinajstić information content (AvgIpc) is 2.62. The maximum absolute atomic E-state index is 12.1. The number of amides is 1. The molecule has 1 atom stereocenters. The van der Waals surface area contributed by atoms with Gasteiger partial charge >= 0.3 is 5.97 Å². The van der Waals surface area contributed by atoms with Crippen molar-refractivity contribution < 1.29 is 24.2 Å². The highest BCUT2D eigenvalue weighted by Gasteiger charge is 2.35. The second kappa shape index (κ2) is 9.01. The predicted octanol–water partition coefficient (Wildman–Crippen LogP) is 2.26. The molecule has 0 fully saturated rings. The van der Waals surface area contributed by atoms with E-state index in [2.05, 4.69) is 5.32 Å². The second-order valence-electron chi connectivity index (χ2n) is 6.18. The minimum absolute atomic E-state index is 0.140. The highest BCUT2D eigenvalue weighted by Crippen LogP contribution is 2.21. The number of hydrogen-bond donors (Lipinski definition) is 2. The van der Waals surface area contributed by atoms with E-state index in [4.69, 9.17) is 9.47 Å². The van der Waals surface area contributed by atoms with Gasteiger partial charge in [0.2, 0.25) is 0 Å². The number of carbonyl (C=O) groups excluding carboxylic acids is 1. The van der Waals surface area contributed by atoms with E-state index in [1.165, 1.54) is 14.0 Å². The first-order valence-corrected chi connectivity index (χ1v) is 8.22. The zero-order chi connectivity index (χ0) is 19.0. The molecule has 2 aromatic rings. The second-order valence-corrected chi connectivity index (χ2v) is 6.18. The zero-order valence-electron chi connectivity index (χ0n) is 14.9. The van der Waals surface area contributed by atoms with Crippen molar-refractivity contribution in [1.29, 1.82) is 0 Å². The maximum atomic E-state index is 12.1. The number of benzene rings is 2. The summed E-state index contributed by atoms with van der Waals surface area (Å²) in [5, 5.41) is 11.7. The quantitative estimate of drug-likeness (QED) is 0.719. The van der Waals surface area contributed by atoms with Gasteiger partial charge < -0.3 is 19.9 Å². The van der Waals surface area contributed by atoms with Gasteiger partial charge in [0, 0.05) is 13.5 Å². The molecule has 0 aliphatic rings. The van der Waals surface area contributed by atoms with E-state index in [1.807, 2.05) is 48.5 Å². The number of hydrogen-bond acceptors (Lipinski definition) is 4. The summed E-state index contributed by atoms with van der Waals surface area (Å²) in [6.07, 6.45) is 0.676. The van der Waals surface area contributed by atoms with Gasteiger partial charge in [-0.2, -0.15) is 0 Å². The highest BCUT2D eigenvalue weighted by atomic mass is 16.5. The molecule has 6 heteroatoms. The molecule has 0 saturated heterocycles. The molecule has 1 unspecified atom stereocenters. The molecule has 0 spiro atoms. The summed E-state index contributed by atoms with van der Waals surface area (Å²) in [6, 6.07) is 17.4. The number of carbonyl (C=O) groups is 2. The van der Waals surface area contributed by atoms with Gasteiger partial charge in [0.1, 0.15) is 5.75 Å². The summed E-state index contributed by atoms with van der Waals surface area (Å²) < 4.78 is 10.5. The Morgan fingerprint density at radius 1 is 1.08 bits per heavy atom. The van der Waals surface area contributed by atoms with Crippen molar-refractivity contribution in [3.63, 3.8) is 0 Å². The zero-order valence-corrected chi connectivity index (χ0v) is 14.9. The van der Waals surface area contributed by atoms with Crippen LogP contribution in [-0.4, -0.2) is 42.8 Å². The molecule has 6 nitrogen and oxygen atoms in total. The summed E-state index contributed by atoms with van der Waals surface area (Å²) in [5.74, 6) is -1.10. The first-order valence-electron chi connectivity index (χ1n) is 8.22. The summed E-state index contributed by atoms with van der Waals surface area (Å²) in [7, 11) is 1.38. The summed E-state index contributed by atoms with van der Waals surface area (Å²) in [6.45, 7) is 0.969. The first-order chi connectivity index (χ1) is 12.4. The minimum atomic E-state index is -1.50. The number of rotatable bonds is 9. The molecule has 0 radical (unpaired) electrons. The Morgan fingerprint density at radius 2 is 1.73 bits per heavy atom. The number of carboxylic acid groups (broad SMARTS) is 1. The van der Waals surface area contributed by atoms with Crippen LogP contribution < -0.4 is 10.1 Å². The van der Waals surface area contributed by atoms with Crippen molar-refractivity contribution in [1.82, 2.24) is 5.32 Å². The molecule has 0 aliphatic carbocycles. The van der Waals surface area contributed by atoms with Crippen LogP contribution >= 0.6 is 0 Å². The Morgan fingerprint density at radius 3 is 2.38 bits per heavy atom. The predicted molar refractivity (Wildman–Crippen MR) is 97.2 cm³/mol. The van der Waals surface area contributed by atoms with Gasteiger partial charge in [-0.3, -0.25) is 4.79 Å². The van der Waals surface area contributed by atoms with Crippen LogP contribution in [0, 0.1) is 0 Å². The lowest BCUT2D eigenvalue weighted by Crippen LogP contribution is -2.56. The number of nitrogens with one attached hydrogen (secondary N) is 1. The Kier molecular flexibility index (Phi) is 6.74. The molecule has 2 N–H and O–H groups in total. The van der Waals surface area contributed by atoms with E-state index >= 15 is 0 Å². The molecule has 26 heavy (non-hydrogen) atoms. The fraction of sp³-hybridized carbons (Fsp3) is 0.300. The topological polar surface area (TPSA) is 84.9 Å². The monoisotopic (exact) mass is 357 g/mol. The van der Waals surface area contributed by atoms with E-state index < -0.39 is 17.4 Å². The normalized spacial score (nSPS) is 12.8. The summed E-state index contributed by atoms with van der Waals surface area (Å²) in [4.78, 5) is 23.5. The molecule has 0 heterocycles. The third-order valence-electron chi connectivity index (χ3n) is 3.89. The molecule has 0 bridgehead atoms. The molecule has 2 aromatic carbocycles. The van der Waals surface area contributed by atoms with Crippen molar-refractivity contribution in [2.45, 2.75) is 18.9 Å². The van der Waals surface area contributed by atoms with Crippen molar-refractivity contribution in [2.75, 3.05) is 20.3 Å². The lowest BCUT2D eigenvalue weighted by molar-refractivity contribution is -0.149. The first kappa shape index (κ1) is 19.5. The number of aliphatic carboxylic acids is 1. The third kappa shape index (κ3) is 5.32. The van der Waals surface area contributed by atoms with E-state index in [0.29, 0.717) is 12.2 Å². The van der Waals surface area contributed by atoms with Crippen LogP contribution in [-0.2, 0) is 20.7 Å². The lowest BCUT2D eigenvalue weighted by atomic mass is 10.0. The molecule has 2 rings (SSSR count). The van der Waals surface area contributed by atoms with Gasteiger partial charge in [-0.05, 0) is 24.1 Å². The maximum Gasteiger partial charge on any atom is 0.331 e. The van der Waals surface area contributed by atoms with Crippen molar-refractivity contribution in [3.05, 3.63) is 65.7 Å². The van der Waals surface area contributed by atoms with Crippen molar-refractivity contribution >= 4 is 11.9 Å². The SMILES string of the molecule is COCC(C)(NC(=O)COc1ccccc1Cc1ccccc1)C(=O)O. The number of methoxy groups -OCH3 is 1. The Hall–Kier alpha value is -2.86. The van der Waals surface area contributed by atoms with E-state index in [1.54, 1.807) is 6.07 Å². The Labute approximate surface area is 152 Å². The van der Waals surface area contributed by atoms with E-state index in [-0.39, 0.29) is 13.2 Å². The third-order valence-corrected chi connectivity index (χ3v) is 3.89. The number of ether oxygens (including phenoxy) is 2. The number of carboxylic acids is 1. The van der Waals surface area contributed by atoms with Gasteiger partial charge in [-0.1, -0.05) is 48.5 Å². The van der Waals surface area contributed by atoms with Gasteiger partial charge in [-0.15, -0.1) is 0 Å². The Balaban J connectivity index is 2.01. The molecule has 138 valence electrons. The van der Waals surface area contributed by atoms with Crippen LogP contribution in [0.5, 0.6) is 5.75 Å². The largest absolute Gasteiger partial charge is 0.483 e. The van der Waals surface area contributed by atoms with Crippen molar-refractivity contribution in [2.24, 2.45) is 0 Å². The average molecular weight is 357 g/mol. The fourth-order valence-corrected chi connectivity index (χ4v) is 2.53. The standard InChI is InChI=1S/C20H23NO5/c1-20(14-25-2,19(23)24)21-18(22)13-26-17-11-7-6-10-16(17)12-15-8-4-3-5-9-15/h3-11H,12-14H2,1-2H3,(H,21,22)(H,23,24). The number of para-hydroxylation sites is 1. The van der Waals surface area contributed by atoms with Crippen LogP contribution in [0.4, 0.5) is 0 Å². The smallest absolute Gasteiger partial charge is 0.331 e. The lowest BCUT2D eigenvalue weighted by Gasteiger charge is -2.25. The van der Waals surface area contributed by atoms with E-state index in [0.717, 1.165) is 11.1 Å². The van der Waals surface area contributed by atoms with E-state index in [9.17, 15) is 14.7 Å². The molecule has 0 saturated carbocycles. The molecular formula is C20H23NO5. The van der Waals surface area contributed by atoms with Crippen LogP contribution in [0.25, 0.3) is 0 Å². The van der Waals surface area contributed by atoms with Gasteiger partial charge in [0.15, 0.2) is 12.1 Å². The van der Waals surface area contributed by atoms with Gasteiger partial charge in [0.05, 0.1) is 6.61 Å². The summed E-state index contributed by atoms with van der Waals surface area (Å²) >= 11 is 0. The highest BCUT2D eigenvalue weighted by molar-refractivity contribution is 5.87. The van der Waals surface area contributed by atoms with Crippen LogP contribution in [0.2, 0.25) is 0 Å². The van der Waals surface area contributed by atoms with Crippen molar-refractivity contribution in [3.8, 4) is 5.75 Å². The molecule has 0 aromatic heterocycles. The van der Waals surface area contributed by atoms with Gasteiger partial charge in [0.25, 0.3) is 5.91 Å². The van der Waals surface area contributed by atoms with Crippen LogP contribution in [0.15, 0.2) is 54.6 Å². The van der Waals surface area contributed by atoms with Gasteiger partial charge in [-0.25, -0.2) is 4.79 Å². The molecular weight excluding hydrogens is 334 g/mol. The summed E-state index contributed by atoms with van der Waals surface area (Å²) in [5.41, 5.74) is 0.578. The fourth-order valence-electron chi connectivity index (χ4n) is 2.53. The Bertz CT molecular complexity index is 747. The molecule has 1 amide bonds.